The highest BCUT2D eigenvalue weighted by Crippen LogP contribution is 2.36. The van der Waals surface area contributed by atoms with Gasteiger partial charge >= 0.3 is 0 Å². The van der Waals surface area contributed by atoms with Gasteiger partial charge in [0.1, 0.15) is 5.82 Å². The van der Waals surface area contributed by atoms with Gasteiger partial charge in [0.15, 0.2) is 50.9 Å². The van der Waals surface area contributed by atoms with Gasteiger partial charge in [-0.1, -0.05) is 44.0 Å². The third kappa shape index (κ3) is 24.6. The molecule has 6 aromatic heterocycles. The van der Waals surface area contributed by atoms with Gasteiger partial charge in [-0.15, -0.1) is 0 Å². The summed E-state index contributed by atoms with van der Waals surface area (Å²) in [6, 6.07) is 39.7. The SMILES string of the molecule is C=C(/C=C/CN(C)C)Nc1ccc(C(=O)Nc2cccc(Nc3nc(NC4CCC(N(C)C)CC4)nc4c3ncn4C(C)C)c2)cc1.C=CC(=O)Nc1ccc(C(=O)Nc2cccc(Nc3nc(NC4CCC(N(C)C)CC4)nc4c3ncn4C(C)C)c2)cc1.C=CC(=O)Nc1cccc(Nc2nc(CC3CCC(N(C)C)CC3)nc3c2ncn3C(C)C)c1. The number of nitrogens with zero attached hydrogens (tertiary/aromatic N) is 16. The van der Waals surface area contributed by atoms with Gasteiger partial charge in [-0.05, 0) is 302 Å². The predicted octanol–water partition coefficient (Wildman–Crippen LogP) is 17.5. The maximum absolute atomic E-state index is 13.1. The number of likely N-dealkylation sites (N-methyl/N-ethyl adjacent to an activating group) is 1. The monoisotopic (exact) mass is 1680 g/mol. The molecule has 3 fully saturated rings. The van der Waals surface area contributed by atoms with Gasteiger partial charge in [-0.2, -0.15) is 19.9 Å². The fourth-order valence-corrected chi connectivity index (χ4v) is 15.6. The minimum Gasteiger partial charge on any atom is -0.356 e. The van der Waals surface area contributed by atoms with E-state index in [1.807, 2.05) is 128 Å². The second-order valence-corrected chi connectivity index (χ2v) is 34.0. The van der Waals surface area contributed by atoms with Gasteiger partial charge < -0.3 is 86.5 Å². The molecule has 0 saturated heterocycles. The van der Waals surface area contributed by atoms with E-state index in [1.54, 1.807) is 42.7 Å². The number of carbonyl (C=O) groups excluding carboxylic acids is 4. The molecule has 3 aliphatic rings. The molecule has 30 heteroatoms. The normalized spacial score (nSPS) is 17.2. The third-order valence-corrected chi connectivity index (χ3v) is 22.7. The molecule has 0 aliphatic heterocycles. The van der Waals surface area contributed by atoms with E-state index in [4.69, 9.17) is 29.9 Å². The van der Waals surface area contributed by atoms with E-state index >= 15 is 0 Å². The van der Waals surface area contributed by atoms with E-state index in [1.165, 1.54) is 37.8 Å². The average molecular weight is 1680 g/mol. The Morgan fingerprint density at radius 3 is 1.14 bits per heavy atom. The molecule has 0 radical (unpaired) electrons. The quantitative estimate of drug-likeness (QED) is 0.0143. The first-order valence-electron chi connectivity index (χ1n) is 42.9. The lowest BCUT2D eigenvalue weighted by Gasteiger charge is -2.33. The zero-order valence-electron chi connectivity index (χ0n) is 74.1. The topological polar surface area (TPSA) is 332 Å². The van der Waals surface area contributed by atoms with Gasteiger partial charge in [-0.25, -0.2) is 24.9 Å². The summed E-state index contributed by atoms with van der Waals surface area (Å²) in [4.78, 5) is 102. The van der Waals surface area contributed by atoms with Gasteiger partial charge in [0, 0.05) is 124 Å². The van der Waals surface area contributed by atoms with Crippen LogP contribution in [0.15, 0.2) is 190 Å². The van der Waals surface area contributed by atoms with E-state index in [0.717, 1.165) is 121 Å². The fourth-order valence-electron chi connectivity index (χ4n) is 15.6. The molecule has 0 atom stereocenters. The van der Waals surface area contributed by atoms with Crippen molar-refractivity contribution in [1.29, 1.82) is 0 Å². The highest BCUT2D eigenvalue weighted by atomic mass is 16.2. The lowest BCUT2D eigenvalue weighted by atomic mass is 9.83. The van der Waals surface area contributed by atoms with Crippen molar-refractivity contribution in [1.82, 2.24) is 78.2 Å². The van der Waals surface area contributed by atoms with Crippen molar-refractivity contribution in [2.75, 3.05) is 116 Å². The summed E-state index contributed by atoms with van der Waals surface area (Å²) in [7, 11) is 17.0. The number of anilines is 13. The van der Waals surface area contributed by atoms with Crippen molar-refractivity contribution in [2.24, 2.45) is 5.92 Å². The lowest BCUT2D eigenvalue weighted by Crippen LogP contribution is -2.36. The third-order valence-electron chi connectivity index (χ3n) is 22.7. The molecule has 5 aromatic carbocycles. The summed E-state index contributed by atoms with van der Waals surface area (Å²) in [5.41, 5.74) is 12.0. The van der Waals surface area contributed by atoms with Crippen molar-refractivity contribution < 1.29 is 19.2 Å². The number of rotatable bonds is 31. The Kier molecular flexibility index (Phi) is 30.9. The second-order valence-electron chi connectivity index (χ2n) is 34.0. The van der Waals surface area contributed by atoms with E-state index < -0.39 is 0 Å². The molecule has 3 saturated carbocycles. The molecule has 30 nitrogen and oxygen atoms in total. The molecule has 4 amide bonds. The summed E-state index contributed by atoms with van der Waals surface area (Å²) in [6.45, 7) is 24.5. The van der Waals surface area contributed by atoms with Gasteiger partial charge in [0.2, 0.25) is 23.7 Å². The number of hydrogen-bond acceptors (Lipinski definition) is 23. The summed E-state index contributed by atoms with van der Waals surface area (Å²) < 4.78 is 6.20. The van der Waals surface area contributed by atoms with Crippen molar-refractivity contribution >= 4 is 132 Å². The van der Waals surface area contributed by atoms with Crippen LogP contribution in [0.5, 0.6) is 0 Å². The summed E-state index contributed by atoms with van der Waals surface area (Å²) in [5.74, 6) is 3.47. The predicted molar refractivity (Wildman–Crippen MR) is 503 cm³/mol. The minimum atomic E-state index is -0.312. The smallest absolute Gasteiger partial charge is 0.255 e. The Balaban J connectivity index is 0.000000172. The van der Waals surface area contributed by atoms with Gasteiger partial charge in [0.05, 0.1) is 19.0 Å². The average Bonchev–Trinajstić information content (AvgIpc) is 1.63. The Bertz CT molecular complexity index is 5530. The Hall–Kier alpha value is -12.8. The Morgan fingerprint density at radius 2 is 0.766 bits per heavy atom. The lowest BCUT2D eigenvalue weighted by molar-refractivity contribution is -0.112. The first-order chi connectivity index (χ1) is 59.6. The maximum atomic E-state index is 13.1. The molecule has 124 heavy (non-hydrogen) atoms. The molecule has 0 bridgehead atoms. The Labute approximate surface area is 727 Å². The first-order valence-corrected chi connectivity index (χ1v) is 42.9. The van der Waals surface area contributed by atoms with E-state index in [0.29, 0.717) is 110 Å². The van der Waals surface area contributed by atoms with Crippen LogP contribution in [-0.2, 0) is 16.0 Å². The molecule has 3 aliphatic carbocycles. The second kappa shape index (κ2) is 42.3. The molecule has 652 valence electrons. The zero-order valence-corrected chi connectivity index (χ0v) is 74.1. The van der Waals surface area contributed by atoms with Crippen molar-refractivity contribution in [3.8, 4) is 0 Å². The standard InChI is InChI=1S/C36H48N10O.C32H39N9O2.C26H35N7O/c1-24(2)46-23-37-32-33(42-36(43-34(32)46)41-28-17-19-31(20-18-28)45(6)7)39-29-11-8-12-30(22-29)40-35(47)26-13-15-27(16-14-26)38-25(3)10-9-21-44(4)5;1-6-27(42)34-22-12-10-21(11-13-22)31(43)36-25-9-7-8-24(18-25)35-29-28-30(41(19-33-28)20(2)3)39-32(38-29)37-23-14-16-26(17-15-23)40(4)5;1-6-23(34)28-19-8-7-9-20(15-19)29-25-24-26(33(16-27-24)17(2)3)31-22(30-25)14-18-10-12-21(13-11-18)32(4)5/h8-16,22-24,28,31,38H,3,17-21H2,1-2,4-7H3,(H,40,47)(H2,39,41,42,43);6-13,18-20,23,26H,1,14-17H2,2-5H3,(H,34,42)(H,36,43)(H2,35,37,38,39);6-9,15-18,21H,1,10-14H2,2-5H3,(H,28,34)(H,29,30,31)/b10-9+;;. The molecule has 6 heterocycles. The number of hydrogen-bond donors (Lipinski definition) is 10. The van der Waals surface area contributed by atoms with Crippen LogP contribution in [0.25, 0.3) is 33.5 Å². The van der Waals surface area contributed by atoms with Crippen LogP contribution in [0, 0.1) is 5.92 Å². The van der Waals surface area contributed by atoms with Crippen molar-refractivity contribution in [3.05, 3.63) is 207 Å². The highest BCUT2D eigenvalue weighted by molar-refractivity contribution is 6.06. The molecular formula is C94H122N26O4. The van der Waals surface area contributed by atoms with Crippen LogP contribution >= 0.6 is 0 Å². The molecular weight excluding hydrogens is 1560 g/mol. The molecule has 0 unspecified atom stereocenters. The van der Waals surface area contributed by atoms with Gasteiger partial charge in [-0.3, -0.25) is 19.2 Å². The van der Waals surface area contributed by atoms with Crippen molar-refractivity contribution in [3.63, 3.8) is 0 Å². The zero-order chi connectivity index (χ0) is 88.3. The molecule has 0 spiro atoms. The van der Waals surface area contributed by atoms with Crippen LogP contribution in [0.4, 0.5) is 74.8 Å². The number of nitrogens with one attached hydrogen (secondary N) is 10. The molecule has 10 N–H and O–H groups in total. The highest BCUT2D eigenvalue weighted by Gasteiger charge is 2.29. The number of aromatic nitrogens is 12. The number of benzene rings is 5. The van der Waals surface area contributed by atoms with Crippen LogP contribution < -0.4 is 53.2 Å². The number of fused-ring (bicyclic) bond motifs is 3. The molecule has 14 rings (SSSR count). The summed E-state index contributed by atoms with van der Waals surface area (Å²) in [6.07, 6.45) is 26.4. The first kappa shape index (κ1) is 90.5. The van der Waals surface area contributed by atoms with E-state index in [2.05, 4.69) is 200 Å². The number of allylic oxidation sites excluding steroid dienone is 1. The number of carbonyl (C=O) groups is 4. The maximum Gasteiger partial charge on any atom is 0.255 e. The van der Waals surface area contributed by atoms with Crippen LogP contribution in [0.1, 0.15) is 163 Å². The van der Waals surface area contributed by atoms with E-state index in [9.17, 15) is 19.2 Å². The summed E-state index contributed by atoms with van der Waals surface area (Å²) >= 11 is 0. The minimum absolute atomic E-state index is 0.182. The number of imidazole rings is 3. The van der Waals surface area contributed by atoms with Crippen LogP contribution in [-0.4, -0.2) is 195 Å². The van der Waals surface area contributed by atoms with Crippen molar-refractivity contribution in [2.45, 2.75) is 173 Å². The number of amides is 4. The molecule has 11 aromatic rings. The largest absolute Gasteiger partial charge is 0.356 e. The van der Waals surface area contributed by atoms with E-state index in [-0.39, 0.29) is 41.8 Å². The fraction of sp³-hybridized carbons (Fsp3) is 0.394. The Morgan fingerprint density at radius 1 is 0.419 bits per heavy atom. The summed E-state index contributed by atoms with van der Waals surface area (Å²) in [5, 5.41) is 32.1. The van der Waals surface area contributed by atoms with Crippen LogP contribution in [0.3, 0.4) is 0 Å². The van der Waals surface area contributed by atoms with Gasteiger partial charge in [0.25, 0.3) is 11.8 Å². The van der Waals surface area contributed by atoms with Crippen LogP contribution in [0.2, 0.25) is 0 Å².